The summed E-state index contributed by atoms with van der Waals surface area (Å²) >= 11 is 0. The highest BCUT2D eigenvalue weighted by molar-refractivity contribution is 5.93. The number of hydrogen-bond acceptors (Lipinski definition) is 4. The van der Waals surface area contributed by atoms with E-state index in [1.807, 2.05) is 0 Å². The van der Waals surface area contributed by atoms with Crippen LogP contribution in [0.2, 0.25) is 0 Å². The van der Waals surface area contributed by atoms with Gasteiger partial charge >= 0.3 is 5.97 Å². The van der Waals surface area contributed by atoms with Gasteiger partial charge in [0.1, 0.15) is 11.7 Å². The van der Waals surface area contributed by atoms with Gasteiger partial charge in [-0.1, -0.05) is 20.8 Å². The van der Waals surface area contributed by atoms with Gasteiger partial charge in [-0.25, -0.2) is 4.79 Å². The first-order valence-electron chi connectivity index (χ1n) is 7.12. The van der Waals surface area contributed by atoms with Crippen molar-refractivity contribution in [2.24, 2.45) is 11.3 Å². The van der Waals surface area contributed by atoms with E-state index in [1.165, 1.54) is 13.5 Å². The Morgan fingerprint density at radius 3 is 2.70 bits per heavy atom. The molecule has 1 aliphatic carbocycles. The molecule has 0 amide bonds. The van der Waals surface area contributed by atoms with Gasteiger partial charge < -0.3 is 9.47 Å². The van der Waals surface area contributed by atoms with Crippen molar-refractivity contribution in [3.8, 4) is 5.88 Å². The molecule has 1 heterocycles. The third kappa shape index (κ3) is 3.14. The van der Waals surface area contributed by atoms with Crippen molar-refractivity contribution in [3.05, 3.63) is 11.3 Å². The van der Waals surface area contributed by atoms with E-state index in [1.54, 1.807) is 6.92 Å². The normalized spacial score (nSPS) is 25.2. The van der Waals surface area contributed by atoms with Crippen molar-refractivity contribution in [2.45, 2.75) is 53.1 Å². The Morgan fingerprint density at radius 1 is 1.40 bits per heavy atom. The number of aromatic amines is 1. The van der Waals surface area contributed by atoms with E-state index in [0.717, 1.165) is 12.8 Å². The van der Waals surface area contributed by atoms with Crippen molar-refractivity contribution in [3.63, 3.8) is 0 Å². The highest BCUT2D eigenvalue weighted by Crippen LogP contribution is 2.40. The lowest BCUT2D eigenvalue weighted by Crippen LogP contribution is -2.34. The van der Waals surface area contributed by atoms with Gasteiger partial charge in [0, 0.05) is 0 Å². The number of esters is 1. The Bertz CT molecular complexity index is 493. The van der Waals surface area contributed by atoms with E-state index >= 15 is 0 Å². The van der Waals surface area contributed by atoms with Gasteiger partial charge in [0.05, 0.1) is 12.8 Å². The molecule has 112 valence electrons. The second kappa shape index (κ2) is 5.46. The SMILES string of the molecule is COC(=O)c1c(OC2CC(C)CC(C)(C)C2)n[nH]c1C. The van der Waals surface area contributed by atoms with Crippen molar-refractivity contribution < 1.29 is 14.3 Å². The van der Waals surface area contributed by atoms with Crippen LogP contribution in [0.15, 0.2) is 0 Å². The minimum Gasteiger partial charge on any atom is -0.473 e. The van der Waals surface area contributed by atoms with Crippen LogP contribution < -0.4 is 4.74 Å². The number of nitrogens with one attached hydrogen (secondary N) is 1. The zero-order chi connectivity index (χ0) is 14.9. The number of aryl methyl sites for hydroxylation is 1. The van der Waals surface area contributed by atoms with Crippen LogP contribution in [-0.4, -0.2) is 29.4 Å². The molecule has 5 nitrogen and oxygen atoms in total. The standard InChI is InChI=1S/C15H24N2O3/c1-9-6-11(8-15(3,4)7-9)20-13-12(14(18)19-5)10(2)16-17-13/h9,11H,6-8H2,1-5H3,(H,16,17). The first-order chi connectivity index (χ1) is 9.32. The van der Waals surface area contributed by atoms with E-state index in [0.29, 0.717) is 23.1 Å². The summed E-state index contributed by atoms with van der Waals surface area (Å²) in [5, 5.41) is 6.90. The first-order valence-corrected chi connectivity index (χ1v) is 7.12. The summed E-state index contributed by atoms with van der Waals surface area (Å²) in [6.45, 7) is 8.56. The molecule has 0 aliphatic heterocycles. The monoisotopic (exact) mass is 280 g/mol. The fourth-order valence-corrected chi connectivity index (χ4v) is 3.34. The van der Waals surface area contributed by atoms with Gasteiger partial charge in [-0.05, 0) is 37.5 Å². The van der Waals surface area contributed by atoms with Crippen molar-refractivity contribution in [1.29, 1.82) is 0 Å². The molecule has 5 heteroatoms. The zero-order valence-corrected chi connectivity index (χ0v) is 12.9. The molecule has 20 heavy (non-hydrogen) atoms. The second-order valence-electron chi connectivity index (χ2n) is 6.67. The van der Waals surface area contributed by atoms with Crippen molar-refractivity contribution in [2.75, 3.05) is 7.11 Å². The molecule has 1 saturated carbocycles. The Balaban J connectivity index is 2.16. The van der Waals surface area contributed by atoms with Crippen LogP contribution in [0.4, 0.5) is 0 Å². The van der Waals surface area contributed by atoms with Crippen LogP contribution in [0.1, 0.15) is 56.1 Å². The van der Waals surface area contributed by atoms with E-state index in [4.69, 9.17) is 9.47 Å². The summed E-state index contributed by atoms with van der Waals surface area (Å²) in [5.74, 6) is 0.573. The van der Waals surface area contributed by atoms with E-state index in [9.17, 15) is 4.79 Å². The third-order valence-corrected chi connectivity index (χ3v) is 3.93. The average Bonchev–Trinajstić information content (AvgIpc) is 2.67. The second-order valence-corrected chi connectivity index (χ2v) is 6.67. The molecular weight excluding hydrogens is 256 g/mol. The number of ether oxygens (including phenoxy) is 2. The number of carbonyl (C=O) groups excluding carboxylic acids is 1. The molecule has 1 aromatic heterocycles. The number of nitrogens with zero attached hydrogens (tertiary/aromatic N) is 1. The maximum absolute atomic E-state index is 11.8. The molecule has 0 saturated heterocycles. The smallest absolute Gasteiger partial charge is 0.345 e. The summed E-state index contributed by atoms with van der Waals surface area (Å²) in [6.07, 6.45) is 3.27. The summed E-state index contributed by atoms with van der Waals surface area (Å²) in [7, 11) is 1.37. The fourth-order valence-electron chi connectivity index (χ4n) is 3.34. The lowest BCUT2D eigenvalue weighted by atomic mass is 9.71. The minimum atomic E-state index is -0.408. The maximum Gasteiger partial charge on any atom is 0.345 e. The molecule has 0 spiro atoms. The van der Waals surface area contributed by atoms with Crippen molar-refractivity contribution in [1.82, 2.24) is 10.2 Å². The van der Waals surface area contributed by atoms with E-state index in [-0.39, 0.29) is 11.5 Å². The van der Waals surface area contributed by atoms with Gasteiger partial charge in [0.25, 0.3) is 0 Å². The molecular formula is C15H24N2O3. The summed E-state index contributed by atoms with van der Waals surface area (Å²) in [6, 6.07) is 0. The topological polar surface area (TPSA) is 64.2 Å². The number of carbonyl (C=O) groups is 1. The summed E-state index contributed by atoms with van der Waals surface area (Å²) in [4.78, 5) is 11.8. The van der Waals surface area contributed by atoms with Crippen LogP contribution in [0.3, 0.4) is 0 Å². The predicted octanol–water partition coefficient (Wildman–Crippen LogP) is 3.10. The maximum atomic E-state index is 11.8. The fraction of sp³-hybridized carbons (Fsp3) is 0.733. The van der Waals surface area contributed by atoms with Gasteiger partial charge in [-0.2, -0.15) is 0 Å². The number of methoxy groups -OCH3 is 1. The Hall–Kier alpha value is -1.52. The minimum absolute atomic E-state index is 0.0971. The predicted molar refractivity (Wildman–Crippen MR) is 75.9 cm³/mol. The first kappa shape index (κ1) is 14.9. The molecule has 1 N–H and O–H groups in total. The number of aromatic nitrogens is 2. The van der Waals surface area contributed by atoms with Gasteiger partial charge in [-0.3, -0.25) is 5.10 Å². The lowest BCUT2D eigenvalue weighted by Gasteiger charge is -2.38. The molecule has 2 unspecified atom stereocenters. The largest absolute Gasteiger partial charge is 0.473 e. The zero-order valence-electron chi connectivity index (χ0n) is 12.9. The average molecular weight is 280 g/mol. The molecule has 2 rings (SSSR count). The third-order valence-electron chi connectivity index (χ3n) is 3.93. The molecule has 0 bridgehead atoms. The highest BCUT2D eigenvalue weighted by atomic mass is 16.5. The Kier molecular flexibility index (Phi) is 4.06. The highest BCUT2D eigenvalue weighted by Gasteiger charge is 2.34. The molecule has 1 aromatic rings. The lowest BCUT2D eigenvalue weighted by molar-refractivity contribution is 0.0485. The number of rotatable bonds is 3. The summed E-state index contributed by atoms with van der Waals surface area (Å²) in [5.41, 5.74) is 1.34. The van der Waals surface area contributed by atoms with Gasteiger partial charge in [-0.15, -0.1) is 5.10 Å². The Morgan fingerprint density at radius 2 is 2.10 bits per heavy atom. The summed E-state index contributed by atoms with van der Waals surface area (Å²) < 4.78 is 10.8. The Labute approximate surface area is 120 Å². The van der Waals surface area contributed by atoms with Crippen LogP contribution in [0.25, 0.3) is 0 Å². The van der Waals surface area contributed by atoms with Crippen LogP contribution >= 0.6 is 0 Å². The van der Waals surface area contributed by atoms with Gasteiger partial charge in [0.2, 0.25) is 5.88 Å². The number of hydrogen-bond donors (Lipinski definition) is 1. The quantitative estimate of drug-likeness (QED) is 0.864. The van der Waals surface area contributed by atoms with Crippen LogP contribution in [-0.2, 0) is 4.74 Å². The number of H-pyrrole nitrogens is 1. The van der Waals surface area contributed by atoms with E-state index < -0.39 is 5.97 Å². The molecule has 0 aromatic carbocycles. The van der Waals surface area contributed by atoms with E-state index in [2.05, 4.69) is 31.0 Å². The molecule has 2 atom stereocenters. The molecule has 1 aliphatic rings. The van der Waals surface area contributed by atoms with Gasteiger partial charge in [0.15, 0.2) is 0 Å². The van der Waals surface area contributed by atoms with Crippen molar-refractivity contribution >= 4 is 5.97 Å². The van der Waals surface area contributed by atoms with Crippen LogP contribution in [0.5, 0.6) is 5.88 Å². The molecule has 1 fully saturated rings. The van der Waals surface area contributed by atoms with Crippen LogP contribution in [0, 0.1) is 18.3 Å². The molecule has 0 radical (unpaired) electrons.